The van der Waals surface area contributed by atoms with E-state index in [2.05, 4.69) is 102 Å². The van der Waals surface area contributed by atoms with E-state index < -0.39 is 0 Å². The van der Waals surface area contributed by atoms with Gasteiger partial charge in [-0.25, -0.2) is 0 Å². The summed E-state index contributed by atoms with van der Waals surface area (Å²) in [4.78, 5) is 5.02. The molecule has 0 spiro atoms. The number of allylic oxidation sites excluding steroid dienone is 1. The second-order valence-corrected chi connectivity index (χ2v) is 12.5. The number of anilines is 2. The zero-order valence-electron chi connectivity index (χ0n) is 26.3. The van der Waals surface area contributed by atoms with Gasteiger partial charge in [-0.15, -0.1) is 0 Å². The van der Waals surface area contributed by atoms with Gasteiger partial charge in [0.2, 0.25) is 0 Å². The molecule has 1 saturated heterocycles. The highest BCUT2D eigenvalue weighted by atomic mass is 15.1. The molecule has 3 heterocycles. The molecule has 3 heteroatoms. The number of hydrogen-bond donors (Lipinski definition) is 1. The third kappa shape index (κ3) is 7.86. The Morgan fingerprint density at radius 1 is 0.810 bits per heavy atom. The van der Waals surface area contributed by atoms with Crippen molar-refractivity contribution in [3.63, 3.8) is 0 Å². The molecule has 42 heavy (non-hydrogen) atoms. The van der Waals surface area contributed by atoms with Crippen molar-refractivity contribution in [2.24, 2.45) is 0 Å². The van der Waals surface area contributed by atoms with Gasteiger partial charge in [-0.3, -0.25) is 0 Å². The van der Waals surface area contributed by atoms with Crippen LogP contribution in [0.2, 0.25) is 0 Å². The summed E-state index contributed by atoms with van der Waals surface area (Å²) >= 11 is 0. The molecular formula is C39H53N3. The van der Waals surface area contributed by atoms with E-state index in [-0.39, 0.29) is 0 Å². The van der Waals surface area contributed by atoms with Crippen LogP contribution in [0, 0.1) is 0 Å². The van der Waals surface area contributed by atoms with Crippen molar-refractivity contribution in [3.8, 4) is 0 Å². The Bertz CT molecular complexity index is 1270. The van der Waals surface area contributed by atoms with Crippen LogP contribution in [0.5, 0.6) is 0 Å². The summed E-state index contributed by atoms with van der Waals surface area (Å²) in [5, 5.41) is 3.45. The number of nitrogens with zero attached hydrogens (tertiary/aromatic N) is 2. The lowest BCUT2D eigenvalue weighted by Crippen LogP contribution is -2.30. The van der Waals surface area contributed by atoms with E-state index in [1.807, 2.05) is 0 Å². The van der Waals surface area contributed by atoms with Gasteiger partial charge in [0.15, 0.2) is 0 Å². The van der Waals surface area contributed by atoms with Crippen molar-refractivity contribution < 1.29 is 0 Å². The van der Waals surface area contributed by atoms with Crippen molar-refractivity contribution in [2.75, 3.05) is 42.5 Å². The van der Waals surface area contributed by atoms with E-state index >= 15 is 0 Å². The third-order valence-electron chi connectivity index (χ3n) is 9.49. The normalized spacial score (nSPS) is 16.7. The first-order chi connectivity index (χ1) is 20.7. The molecule has 1 N–H and O–H groups in total. The van der Waals surface area contributed by atoms with Crippen LogP contribution in [0.4, 0.5) is 11.4 Å². The molecule has 3 aromatic carbocycles. The van der Waals surface area contributed by atoms with Crippen molar-refractivity contribution in [3.05, 3.63) is 107 Å². The first kappa shape index (κ1) is 30.4. The number of fused-ring (bicyclic) bond motifs is 2. The monoisotopic (exact) mass is 563 g/mol. The van der Waals surface area contributed by atoms with Crippen molar-refractivity contribution in [1.29, 1.82) is 0 Å². The maximum atomic E-state index is 4.40. The van der Waals surface area contributed by atoms with E-state index in [0.717, 1.165) is 38.4 Å². The van der Waals surface area contributed by atoms with Crippen LogP contribution in [-0.4, -0.2) is 32.7 Å². The summed E-state index contributed by atoms with van der Waals surface area (Å²) in [6.45, 7) is 14.8. The highest BCUT2D eigenvalue weighted by Gasteiger charge is 2.20. The van der Waals surface area contributed by atoms with Gasteiger partial charge in [0.1, 0.15) is 0 Å². The predicted molar refractivity (Wildman–Crippen MR) is 182 cm³/mol. The molecule has 224 valence electrons. The molecule has 0 aromatic heterocycles. The second kappa shape index (κ2) is 15.4. The lowest BCUT2D eigenvalue weighted by atomic mass is 9.89. The lowest BCUT2D eigenvalue weighted by molar-refractivity contribution is 0.460. The third-order valence-corrected chi connectivity index (χ3v) is 9.49. The van der Waals surface area contributed by atoms with E-state index in [0.29, 0.717) is 0 Å². The lowest BCUT2D eigenvalue weighted by Gasteiger charge is -2.33. The number of hydrogen-bond acceptors (Lipinski definition) is 3. The average molecular weight is 564 g/mol. The summed E-state index contributed by atoms with van der Waals surface area (Å²) in [7, 11) is 0. The molecule has 0 aliphatic carbocycles. The number of unbranched alkanes of at least 4 members (excludes halogenated alkanes) is 2. The van der Waals surface area contributed by atoms with Crippen molar-refractivity contribution >= 4 is 11.4 Å². The zero-order valence-corrected chi connectivity index (χ0v) is 26.3. The maximum Gasteiger partial charge on any atom is 0.0440 e. The van der Waals surface area contributed by atoms with Crippen LogP contribution < -0.4 is 15.1 Å². The van der Waals surface area contributed by atoms with E-state index in [1.165, 1.54) is 110 Å². The molecule has 1 fully saturated rings. The molecule has 3 nitrogen and oxygen atoms in total. The average Bonchev–Trinajstić information content (AvgIpc) is 3.05. The maximum absolute atomic E-state index is 4.40. The molecule has 0 amide bonds. The highest BCUT2D eigenvalue weighted by molar-refractivity contribution is 5.60. The van der Waals surface area contributed by atoms with Gasteiger partial charge in [0, 0.05) is 43.1 Å². The van der Waals surface area contributed by atoms with Crippen LogP contribution in [0.15, 0.2) is 79.0 Å². The van der Waals surface area contributed by atoms with Crippen LogP contribution >= 0.6 is 0 Å². The smallest absolute Gasteiger partial charge is 0.0440 e. The van der Waals surface area contributed by atoms with E-state index in [1.54, 1.807) is 5.56 Å². The Morgan fingerprint density at radius 3 is 2.29 bits per heavy atom. The number of para-hydroxylation sites is 1. The van der Waals surface area contributed by atoms with E-state index in [4.69, 9.17) is 0 Å². The van der Waals surface area contributed by atoms with Crippen molar-refractivity contribution in [1.82, 2.24) is 5.32 Å². The molecule has 3 aliphatic heterocycles. The van der Waals surface area contributed by atoms with Gasteiger partial charge in [-0.2, -0.15) is 0 Å². The molecule has 0 bridgehead atoms. The van der Waals surface area contributed by atoms with Gasteiger partial charge >= 0.3 is 0 Å². The second-order valence-electron chi connectivity index (χ2n) is 12.5. The molecule has 3 aromatic rings. The fourth-order valence-corrected chi connectivity index (χ4v) is 6.96. The van der Waals surface area contributed by atoms with Gasteiger partial charge < -0.3 is 15.1 Å². The number of benzene rings is 3. The molecule has 0 atom stereocenters. The molecular weight excluding hydrogens is 510 g/mol. The SMILES string of the molecule is C=C(Cc1ccc(C2CCNCC2)cc1)N1CCCc2ccccc21.CCCCCN1CCCc2ccc(CC)cc21. The minimum atomic E-state index is 0.729. The first-order valence-electron chi connectivity index (χ1n) is 16.9. The quantitative estimate of drug-likeness (QED) is 0.262. The summed E-state index contributed by atoms with van der Waals surface area (Å²) in [6.07, 6.45) is 13.6. The Hall–Kier alpha value is -3.04. The molecule has 0 unspecified atom stereocenters. The Morgan fingerprint density at radius 2 is 1.52 bits per heavy atom. The van der Waals surface area contributed by atoms with Crippen LogP contribution in [0.1, 0.15) is 92.5 Å². The standard InChI is InChI=1S/C23H28N2.C16H25N/c1-18(25-16-4-6-22-5-2-3-7-23(22)25)17-19-8-10-20(11-9-19)21-12-14-24-15-13-21;1-3-5-6-11-17-12-7-8-15-10-9-14(4-2)13-16(15)17/h2-3,5,7-11,21,24H,1,4,6,12-17H2;9-10,13H,3-8,11-12H2,1-2H3. The van der Waals surface area contributed by atoms with Gasteiger partial charge in [0.25, 0.3) is 0 Å². The Balaban J connectivity index is 0.000000181. The van der Waals surface area contributed by atoms with Crippen molar-refractivity contribution in [2.45, 2.75) is 90.4 Å². The van der Waals surface area contributed by atoms with Crippen LogP contribution in [0.25, 0.3) is 0 Å². The highest BCUT2D eigenvalue weighted by Crippen LogP contribution is 2.31. The minimum Gasteiger partial charge on any atom is -0.371 e. The fraction of sp³-hybridized carbons (Fsp3) is 0.487. The number of aryl methyl sites for hydroxylation is 3. The summed E-state index contributed by atoms with van der Waals surface area (Å²) in [5.41, 5.74) is 11.4. The summed E-state index contributed by atoms with van der Waals surface area (Å²) in [6, 6.07) is 25.1. The molecule has 0 radical (unpaired) electrons. The van der Waals surface area contributed by atoms with Crippen LogP contribution in [-0.2, 0) is 25.7 Å². The predicted octanol–water partition coefficient (Wildman–Crippen LogP) is 8.85. The molecule has 3 aliphatic rings. The fourth-order valence-electron chi connectivity index (χ4n) is 6.96. The first-order valence-corrected chi connectivity index (χ1v) is 16.9. The minimum absolute atomic E-state index is 0.729. The van der Waals surface area contributed by atoms with Gasteiger partial charge in [-0.05, 0) is 110 Å². The van der Waals surface area contributed by atoms with E-state index in [9.17, 15) is 0 Å². The summed E-state index contributed by atoms with van der Waals surface area (Å²) in [5.74, 6) is 0.729. The van der Waals surface area contributed by atoms with Gasteiger partial charge in [-0.1, -0.05) is 87.9 Å². The summed E-state index contributed by atoms with van der Waals surface area (Å²) < 4.78 is 0. The van der Waals surface area contributed by atoms with Gasteiger partial charge in [0.05, 0.1) is 0 Å². The topological polar surface area (TPSA) is 18.5 Å². The number of nitrogens with one attached hydrogen (secondary N) is 1. The zero-order chi connectivity index (χ0) is 29.1. The van der Waals surface area contributed by atoms with Crippen LogP contribution in [0.3, 0.4) is 0 Å². The number of piperidine rings is 1. The Kier molecular flexibility index (Phi) is 11.2. The molecule has 0 saturated carbocycles. The molecule has 6 rings (SSSR count). The Labute approximate surface area is 256 Å². The largest absolute Gasteiger partial charge is 0.371 e. The number of rotatable bonds is 9.